The molecule has 3 atom stereocenters. The number of fused-ring (bicyclic) bond motifs is 3. The summed E-state index contributed by atoms with van der Waals surface area (Å²) in [6.45, 7) is 4.13. The number of methoxy groups -OCH3 is 1. The molecule has 3 rings (SSSR count). The summed E-state index contributed by atoms with van der Waals surface area (Å²) in [5.74, 6) is -0.0504. The summed E-state index contributed by atoms with van der Waals surface area (Å²) in [4.78, 5) is 12.5. The van der Waals surface area contributed by atoms with Crippen LogP contribution in [0.2, 0.25) is 0 Å². The van der Waals surface area contributed by atoms with Crippen molar-refractivity contribution >= 4 is 11.7 Å². The van der Waals surface area contributed by atoms with Crippen molar-refractivity contribution in [3.05, 3.63) is 29.3 Å². The van der Waals surface area contributed by atoms with E-state index in [4.69, 9.17) is 4.74 Å². The van der Waals surface area contributed by atoms with Crippen LogP contribution < -0.4 is 0 Å². The van der Waals surface area contributed by atoms with E-state index in [0.717, 1.165) is 30.4 Å². The summed E-state index contributed by atoms with van der Waals surface area (Å²) < 4.78 is 5.08. The van der Waals surface area contributed by atoms with Crippen LogP contribution in [0.3, 0.4) is 0 Å². The molecule has 2 aliphatic carbocycles. The molecule has 1 fully saturated rings. The highest BCUT2D eigenvalue weighted by molar-refractivity contribution is 6.04. The minimum Gasteiger partial charge on any atom is -0.508 e. The maximum atomic E-state index is 12.5. The van der Waals surface area contributed by atoms with Crippen LogP contribution in [0, 0.1) is 11.3 Å². The van der Waals surface area contributed by atoms with E-state index in [2.05, 4.69) is 12.1 Å². The van der Waals surface area contributed by atoms with E-state index in [-0.39, 0.29) is 23.1 Å². The van der Waals surface area contributed by atoms with Gasteiger partial charge in [0.15, 0.2) is 0 Å². The van der Waals surface area contributed by atoms with Crippen molar-refractivity contribution in [1.29, 1.82) is 0 Å². The number of phenols is 1. The summed E-state index contributed by atoms with van der Waals surface area (Å²) in [5.41, 5.74) is 1.52. The van der Waals surface area contributed by atoms with Gasteiger partial charge in [0, 0.05) is 5.56 Å². The Morgan fingerprint density at radius 3 is 2.74 bits per heavy atom. The van der Waals surface area contributed by atoms with Gasteiger partial charge < -0.3 is 15.1 Å². The lowest BCUT2D eigenvalue weighted by Crippen LogP contribution is -2.53. The average Bonchev–Trinajstić information content (AvgIpc) is 2.53. The summed E-state index contributed by atoms with van der Waals surface area (Å²) >= 11 is 0. The topological polar surface area (TPSA) is 79.1 Å². The maximum Gasteiger partial charge on any atom is 0.311 e. The zero-order valence-electron chi connectivity index (χ0n) is 13.8. The monoisotopic (exact) mass is 317 g/mol. The van der Waals surface area contributed by atoms with Crippen molar-refractivity contribution in [2.75, 3.05) is 7.11 Å². The van der Waals surface area contributed by atoms with Gasteiger partial charge >= 0.3 is 5.97 Å². The third-order valence-corrected chi connectivity index (χ3v) is 6.03. The van der Waals surface area contributed by atoms with E-state index in [1.54, 1.807) is 12.1 Å². The Bertz CT molecular complexity index is 684. The third kappa shape index (κ3) is 2.13. The maximum absolute atomic E-state index is 12.5. The largest absolute Gasteiger partial charge is 0.508 e. The molecular weight excluding hydrogens is 294 g/mol. The first-order valence-corrected chi connectivity index (χ1v) is 8.00. The fourth-order valence-electron chi connectivity index (χ4n) is 4.79. The number of phenolic OH excluding ortho intramolecular Hbond substituents is 1. The Morgan fingerprint density at radius 2 is 2.09 bits per heavy atom. The number of hydrogen-bond acceptors (Lipinski definition) is 5. The van der Waals surface area contributed by atoms with Gasteiger partial charge in [-0.15, -0.1) is 0 Å². The van der Waals surface area contributed by atoms with Crippen LogP contribution in [0.5, 0.6) is 5.75 Å². The fourth-order valence-corrected chi connectivity index (χ4v) is 4.79. The van der Waals surface area contributed by atoms with Gasteiger partial charge in [0.25, 0.3) is 0 Å². The van der Waals surface area contributed by atoms with Crippen LogP contribution in [0.25, 0.3) is 0 Å². The Kier molecular flexibility index (Phi) is 3.62. The van der Waals surface area contributed by atoms with E-state index in [0.29, 0.717) is 12.1 Å². The highest BCUT2D eigenvalue weighted by atomic mass is 16.5. The smallest absolute Gasteiger partial charge is 0.311 e. The van der Waals surface area contributed by atoms with E-state index in [1.807, 2.05) is 13.0 Å². The fraction of sp³-hybridized carbons (Fsp3) is 0.556. The van der Waals surface area contributed by atoms with Crippen LogP contribution in [0.15, 0.2) is 23.4 Å². The van der Waals surface area contributed by atoms with Crippen molar-refractivity contribution in [2.24, 2.45) is 16.5 Å². The molecule has 2 unspecified atom stereocenters. The molecule has 1 aromatic rings. The van der Waals surface area contributed by atoms with Crippen LogP contribution in [0.1, 0.15) is 50.7 Å². The minimum absolute atomic E-state index is 0.000794. The summed E-state index contributed by atoms with van der Waals surface area (Å²) in [7, 11) is 1.43. The van der Waals surface area contributed by atoms with E-state index in [1.165, 1.54) is 7.11 Å². The molecule has 23 heavy (non-hydrogen) atoms. The quantitative estimate of drug-likeness (QED) is 0.473. The number of nitrogens with zero attached hydrogens (tertiary/aromatic N) is 1. The second kappa shape index (κ2) is 5.25. The van der Waals surface area contributed by atoms with Gasteiger partial charge in [-0.1, -0.05) is 24.6 Å². The number of rotatable bonds is 1. The molecule has 124 valence electrons. The summed E-state index contributed by atoms with van der Waals surface area (Å²) in [6.07, 6.45) is 3.16. The van der Waals surface area contributed by atoms with Gasteiger partial charge in [-0.2, -0.15) is 0 Å². The molecule has 0 amide bonds. The van der Waals surface area contributed by atoms with Crippen LogP contribution in [-0.4, -0.2) is 29.1 Å². The normalized spacial score (nSPS) is 34.6. The molecule has 2 aliphatic rings. The standard InChI is InChI=1S/C18H23NO4/c1-17-7-4-8-18(2,16(21)23-3)15(17)10-14(19-22)12-9-11(20)5-6-13(12)17/h5-6,9,15,20,22H,4,7-8,10H2,1-3H3/b19-14-/t15-,17?,18?/m1/s1. The molecular formula is C18H23NO4. The predicted molar refractivity (Wildman–Crippen MR) is 85.9 cm³/mol. The van der Waals surface area contributed by atoms with Gasteiger partial charge in [0.1, 0.15) is 5.75 Å². The van der Waals surface area contributed by atoms with Gasteiger partial charge in [-0.25, -0.2) is 0 Å². The number of carbonyl (C=O) groups is 1. The molecule has 5 nitrogen and oxygen atoms in total. The Balaban J connectivity index is 2.20. The van der Waals surface area contributed by atoms with Crippen molar-refractivity contribution in [2.45, 2.75) is 44.9 Å². The number of oxime groups is 1. The van der Waals surface area contributed by atoms with Crippen LogP contribution >= 0.6 is 0 Å². The highest BCUT2D eigenvalue weighted by Crippen LogP contribution is 2.57. The van der Waals surface area contributed by atoms with Crippen molar-refractivity contribution in [3.63, 3.8) is 0 Å². The number of hydrogen-bond donors (Lipinski definition) is 2. The molecule has 0 radical (unpaired) electrons. The number of aromatic hydroxyl groups is 1. The minimum atomic E-state index is -0.604. The first kappa shape index (κ1) is 15.8. The molecule has 1 saturated carbocycles. The van der Waals surface area contributed by atoms with Crippen LogP contribution in [-0.2, 0) is 14.9 Å². The molecule has 1 aromatic carbocycles. The number of ether oxygens (including phenoxy) is 1. The van der Waals surface area contributed by atoms with Crippen molar-refractivity contribution in [3.8, 4) is 5.75 Å². The molecule has 0 aliphatic heterocycles. The molecule has 0 heterocycles. The van der Waals surface area contributed by atoms with E-state index < -0.39 is 5.41 Å². The summed E-state index contributed by atoms with van der Waals surface area (Å²) in [5, 5.41) is 22.7. The molecule has 0 aromatic heterocycles. The Hall–Kier alpha value is -2.04. The zero-order chi connectivity index (χ0) is 16.8. The second-order valence-electron chi connectivity index (χ2n) is 7.21. The van der Waals surface area contributed by atoms with Crippen molar-refractivity contribution < 1.29 is 19.8 Å². The second-order valence-corrected chi connectivity index (χ2v) is 7.21. The number of carbonyl (C=O) groups excluding carboxylic acids is 1. The number of benzene rings is 1. The highest BCUT2D eigenvalue weighted by Gasteiger charge is 2.56. The van der Waals surface area contributed by atoms with E-state index >= 15 is 0 Å². The average molecular weight is 317 g/mol. The lowest BCUT2D eigenvalue weighted by Gasteiger charge is -2.53. The van der Waals surface area contributed by atoms with Gasteiger partial charge in [0.05, 0.1) is 18.2 Å². The summed E-state index contributed by atoms with van der Waals surface area (Å²) in [6, 6.07) is 5.20. The molecule has 0 saturated heterocycles. The molecule has 5 heteroatoms. The zero-order valence-corrected chi connectivity index (χ0v) is 13.8. The van der Waals surface area contributed by atoms with Gasteiger partial charge in [-0.3, -0.25) is 4.79 Å². The van der Waals surface area contributed by atoms with Gasteiger partial charge in [-0.05, 0) is 55.2 Å². The van der Waals surface area contributed by atoms with Crippen LogP contribution in [0.4, 0.5) is 0 Å². The Morgan fingerprint density at radius 1 is 1.35 bits per heavy atom. The molecule has 2 N–H and O–H groups in total. The van der Waals surface area contributed by atoms with Gasteiger partial charge in [0.2, 0.25) is 0 Å². The lowest BCUT2D eigenvalue weighted by molar-refractivity contribution is -0.160. The SMILES string of the molecule is COC(=O)C1(C)CCCC2(C)c3ccc(O)cc3/C(=N\O)C[C@@H]12. The molecule has 0 bridgehead atoms. The first-order chi connectivity index (χ1) is 10.9. The Labute approximate surface area is 136 Å². The first-order valence-electron chi connectivity index (χ1n) is 8.00. The van der Waals surface area contributed by atoms with Crippen molar-refractivity contribution in [1.82, 2.24) is 0 Å². The number of esters is 1. The lowest BCUT2D eigenvalue weighted by atomic mass is 9.49. The van der Waals surface area contributed by atoms with E-state index in [9.17, 15) is 15.1 Å². The third-order valence-electron chi connectivity index (χ3n) is 6.03. The predicted octanol–water partition coefficient (Wildman–Crippen LogP) is 3.21. The molecule has 0 spiro atoms.